The predicted molar refractivity (Wildman–Crippen MR) is 106 cm³/mol. The number of sulfonamides is 1. The molecule has 0 spiro atoms. The standard InChI is InChI=1S/C18H18N4O3S2/c1-12-4-10-16(11-5-12)27(24,25)22(3)15-8-6-14(7-9-15)17(23)19-18-21-20-13(2)26-18/h4-11H,1-3H3,(H,19,21,23). The van der Waals surface area contributed by atoms with Crippen molar-refractivity contribution < 1.29 is 13.2 Å². The normalized spacial score (nSPS) is 11.2. The van der Waals surface area contributed by atoms with Gasteiger partial charge in [-0.25, -0.2) is 8.42 Å². The second kappa shape index (κ2) is 7.45. The van der Waals surface area contributed by atoms with E-state index in [0.29, 0.717) is 16.4 Å². The number of aromatic nitrogens is 2. The molecule has 0 aliphatic rings. The molecule has 3 aromatic rings. The van der Waals surface area contributed by atoms with Gasteiger partial charge in [0.05, 0.1) is 10.6 Å². The van der Waals surface area contributed by atoms with Gasteiger partial charge in [-0.2, -0.15) is 0 Å². The average Bonchev–Trinajstić information content (AvgIpc) is 3.06. The summed E-state index contributed by atoms with van der Waals surface area (Å²) in [5.74, 6) is -0.332. The van der Waals surface area contributed by atoms with Crippen molar-refractivity contribution in [1.82, 2.24) is 10.2 Å². The monoisotopic (exact) mass is 402 g/mol. The summed E-state index contributed by atoms with van der Waals surface area (Å²) in [6.45, 7) is 3.69. The van der Waals surface area contributed by atoms with Crippen LogP contribution >= 0.6 is 11.3 Å². The van der Waals surface area contributed by atoms with Crippen LogP contribution in [-0.2, 0) is 10.0 Å². The summed E-state index contributed by atoms with van der Waals surface area (Å²) in [6, 6.07) is 13.0. The van der Waals surface area contributed by atoms with Gasteiger partial charge in [-0.15, -0.1) is 10.2 Å². The number of anilines is 2. The Balaban J connectivity index is 1.77. The highest BCUT2D eigenvalue weighted by molar-refractivity contribution is 7.92. The largest absolute Gasteiger partial charge is 0.296 e. The lowest BCUT2D eigenvalue weighted by atomic mass is 10.2. The Kier molecular flexibility index (Phi) is 5.24. The minimum Gasteiger partial charge on any atom is -0.296 e. The van der Waals surface area contributed by atoms with E-state index in [2.05, 4.69) is 15.5 Å². The number of benzene rings is 2. The molecule has 9 heteroatoms. The summed E-state index contributed by atoms with van der Waals surface area (Å²) >= 11 is 1.28. The number of carbonyl (C=O) groups excluding carboxylic acids is 1. The first kappa shape index (κ1) is 19.0. The van der Waals surface area contributed by atoms with Crippen molar-refractivity contribution in [2.45, 2.75) is 18.7 Å². The lowest BCUT2D eigenvalue weighted by Crippen LogP contribution is -2.26. The van der Waals surface area contributed by atoms with Gasteiger partial charge < -0.3 is 0 Å². The molecule has 0 fully saturated rings. The van der Waals surface area contributed by atoms with E-state index in [1.165, 1.54) is 22.7 Å². The number of hydrogen-bond donors (Lipinski definition) is 1. The number of carbonyl (C=O) groups is 1. The third-order valence-electron chi connectivity index (χ3n) is 3.92. The molecule has 0 saturated heterocycles. The van der Waals surface area contributed by atoms with Crippen LogP contribution in [0, 0.1) is 13.8 Å². The molecule has 1 heterocycles. The Morgan fingerprint density at radius 3 is 2.19 bits per heavy atom. The maximum Gasteiger partial charge on any atom is 0.264 e. The Labute approximate surface area is 161 Å². The maximum atomic E-state index is 12.7. The van der Waals surface area contributed by atoms with E-state index in [4.69, 9.17) is 0 Å². The second-order valence-electron chi connectivity index (χ2n) is 5.91. The molecule has 140 valence electrons. The first-order valence-corrected chi connectivity index (χ1v) is 10.3. The predicted octanol–water partition coefficient (Wildman–Crippen LogP) is 3.23. The summed E-state index contributed by atoms with van der Waals surface area (Å²) < 4.78 is 26.7. The molecule has 0 bridgehead atoms. The average molecular weight is 403 g/mol. The molecule has 3 rings (SSSR count). The van der Waals surface area contributed by atoms with Crippen LogP contribution in [0.1, 0.15) is 20.9 Å². The second-order valence-corrected chi connectivity index (χ2v) is 9.06. The molecule has 27 heavy (non-hydrogen) atoms. The van der Waals surface area contributed by atoms with Crippen molar-refractivity contribution in [1.29, 1.82) is 0 Å². The van der Waals surface area contributed by atoms with Crippen molar-refractivity contribution in [2.24, 2.45) is 0 Å². The minimum absolute atomic E-state index is 0.212. The molecule has 0 unspecified atom stereocenters. The van der Waals surface area contributed by atoms with Crippen molar-refractivity contribution in [3.63, 3.8) is 0 Å². The number of aryl methyl sites for hydroxylation is 2. The number of nitrogens with one attached hydrogen (secondary N) is 1. The zero-order valence-electron chi connectivity index (χ0n) is 15.0. The smallest absolute Gasteiger partial charge is 0.264 e. The van der Waals surface area contributed by atoms with Crippen molar-refractivity contribution >= 4 is 38.1 Å². The number of rotatable bonds is 5. The van der Waals surface area contributed by atoms with E-state index >= 15 is 0 Å². The summed E-state index contributed by atoms with van der Waals surface area (Å²) in [5, 5.41) is 11.5. The van der Waals surface area contributed by atoms with Gasteiger partial charge in [-0.05, 0) is 50.2 Å². The number of amides is 1. The van der Waals surface area contributed by atoms with E-state index in [1.54, 1.807) is 55.5 Å². The zero-order chi connectivity index (χ0) is 19.6. The van der Waals surface area contributed by atoms with Crippen molar-refractivity contribution in [3.8, 4) is 0 Å². The van der Waals surface area contributed by atoms with E-state index in [0.717, 1.165) is 10.6 Å². The highest BCUT2D eigenvalue weighted by Crippen LogP contribution is 2.23. The van der Waals surface area contributed by atoms with E-state index in [-0.39, 0.29) is 10.8 Å². The number of nitrogens with zero attached hydrogens (tertiary/aromatic N) is 3. The lowest BCUT2D eigenvalue weighted by Gasteiger charge is -2.19. The van der Waals surface area contributed by atoms with Gasteiger partial charge in [-0.1, -0.05) is 29.0 Å². The molecule has 1 N–H and O–H groups in total. The molecule has 2 aromatic carbocycles. The molecule has 0 aliphatic heterocycles. The van der Waals surface area contributed by atoms with Crippen LogP contribution in [0.4, 0.5) is 10.8 Å². The van der Waals surface area contributed by atoms with Crippen molar-refractivity contribution in [3.05, 3.63) is 64.7 Å². The molecular weight excluding hydrogens is 384 g/mol. The van der Waals surface area contributed by atoms with Gasteiger partial charge in [0.1, 0.15) is 5.01 Å². The lowest BCUT2D eigenvalue weighted by molar-refractivity contribution is 0.102. The van der Waals surface area contributed by atoms with Crippen LogP contribution in [0.5, 0.6) is 0 Å². The first-order valence-electron chi connectivity index (χ1n) is 8.04. The highest BCUT2D eigenvalue weighted by Gasteiger charge is 2.21. The Bertz CT molecular complexity index is 1060. The quantitative estimate of drug-likeness (QED) is 0.707. The van der Waals surface area contributed by atoms with E-state index in [1.807, 2.05) is 6.92 Å². The van der Waals surface area contributed by atoms with Crippen LogP contribution in [0.2, 0.25) is 0 Å². The topological polar surface area (TPSA) is 92.3 Å². The van der Waals surface area contributed by atoms with Crippen LogP contribution in [0.3, 0.4) is 0 Å². The molecule has 0 atom stereocenters. The van der Waals surface area contributed by atoms with Gasteiger partial charge in [0.2, 0.25) is 5.13 Å². The third kappa shape index (κ3) is 4.15. The summed E-state index contributed by atoms with van der Waals surface area (Å²) in [5.41, 5.74) is 1.84. The molecule has 1 amide bonds. The summed E-state index contributed by atoms with van der Waals surface area (Å²) in [4.78, 5) is 12.5. The first-order chi connectivity index (χ1) is 12.8. The van der Waals surface area contributed by atoms with Gasteiger partial charge in [-0.3, -0.25) is 14.4 Å². The molecule has 0 radical (unpaired) electrons. The SMILES string of the molecule is Cc1ccc(S(=O)(=O)N(C)c2ccc(C(=O)Nc3nnc(C)s3)cc2)cc1. The fourth-order valence-corrected chi connectivity index (χ4v) is 4.13. The fraction of sp³-hybridized carbons (Fsp3) is 0.167. The van der Waals surface area contributed by atoms with Crippen LogP contribution in [0.15, 0.2) is 53.4 Å². The van der Waals surface area contributed by atoms with Gasteiger partial charge >= 0.3 is 0 Å². The highest BCUT2D eigenvalue weighted by atomic mass is 32.2. The van der Waals surface area contributed by atoms with Crippen molar-refractivity contribution in [2.75, 3.05) is 16.7 Å². The number of hydrogen-bond acceptors (Lipinski definition) is 6. The maximum absolute atomic E-state index is 12.7. The molecule has 7 nitrogen and oxygen atoms in total. The molecule has 1 aromatic heterocycles. The van der Waals surface area contributed by atoms with Gasteiger partial charge in [0, 0.05) is 12.6 Å². The third-order valence-corrected chi connectivity index (χ3v) is 6.47. The van der Waals surface area contributed by atoms with Crippen LogP contribution < -0.4 is 9.62 Å². The van der Waals surface area contributed by atoms with E-state index < -0.39 is 10.0 Å². The molecular formula is C18H18N4O3S2. The summed E-state index contributed by atoms with van der Waals surface area (Å²) in [6.07, 6.45) is 0. The molecule has 0 aliphatic carbocycles. The van der Waals surface area contributed by atoms with E-state index in [9.17, 15) is 13.2 Å². The van der Waals surface area contributed by atoms with Gasteiger partial charge in [0.15, 0.2) is 0 Å². The van der Waals surface area contributed by atoms with Gasteiger partial charge in [0.25, 0.3) is 15.9 Å². The molecule has 0 saturated carbocycles. The fourth-order valence-electron chi connectivity index (χ4n) is 2.35. The Hall–Kier alpha value is -2.78. The van der Waals surface area contributed by atoms with Crippen LogP contribution in [-0.4, -0.2) is 31.6 Å². The minimum atomic E-state index is -3.67. The Morgan fingerprint density at radius 2 is 1.63 bits per heavy atom. The zero-order valence-corrected chi connectivity index (χ0v) is 16.6. The Morgan fingerprint density at radius 1 is 1.00 bits per heavy atom. The van der Waals surface area contributed by atoms with Crippen LogP contribution in [0.25, 0.3) is 0 Å². The summed E-state index contributed by atoms with van der Waals surface area (Å²) in [7, 11) is -2.19.